The minimum Gasteiger partial charge on any atom is -0.497 e. The van der Waals surface area contributed by atoms with Gasteiger partial charge in [-0.05, 0) is 69.3 Å². The van der Waals surface area contributed by atoms with Crippen LogP contribution in [0.5, 0.6) is 5.75 Å². The molecule has 0 spiro atoms. The standard InChI is InChI=1S/C22H36N4O2/c1-22(11-4-14-28-22)17-25-21(23-2)24-15-18-9-12-26(13-10-18)16-19-5-7-20(27-3)8-6-19/h5-8,18H,4,9-17H2,1-3H3,(H2,23,24,25). The van der Waals surface area contributed by atoms with E-state index in [1.807, 2.05) is 19.2 Å². The third-order valence-electron chi connectivity index (χ3n) is 5.98. The molecule has 1 aromatic rings. The zero-order chi connectivity index (χ0) is 19.8. The Morgan fingerprint density at radius 3 is 2.61 bits per heavy atom. The molecule has 0 saturated carbocycles. The first kappa shape index (κ1) is 20.9. The number of aliphatic imine (C=N–C) groups is 1. The Labute approximate surface area is 169 Å². The molecule has 2 saturated heterocycles. The highest BCUT2D eigenvalue weighted by Crippen LogP contribution is 2.24. The maximum Gasteiger partial charge on any atom is 0.191 e. The van der Waals surface area contributed by atoms with Gasteiger partial charge in [-0.1, -0.05) is 12.1 Å². The van der Waals surface area contributed by atoms with Gasteiger partial charge in [0, 0.05) is 33.3 Å². The Hall–Kier alpha value is -1.79. The molecule has 156 valence electrons. The van der Waals surface area contributed by atoms with E-state index in [-0.39, 0.29) is 5.60 Å². The lowest BCUT2D eigenvalue weighted by atomic mass is 9.96. The van der Waals surface area contributed by atoms with Gasteiger partial charge >= 0.3 is 0 Å². The van der Waals surface area contributed by atoms with Gasteiger partial charge in [0.2, 0.25) is 0 Å². The molecule has 0 aliphatic carbocycles. The molecular weight excluding hydrogens is 352 g/mol. The van der Waals surface area contributed by atoms with Crippen molar-refractivity contribution in [2.45, 2.75) is 44.8 Å². The summed E-state index contributed by atoms with van der Waals surface area (Å²) in [5.41, 5.74) is 1.30. The van der Waals surface area contributed by atoms with E-state index in [9.17, 15) is 0 Å². The van der Waals surface area contributed by atoms with Crippen LogP contribution in [0, 0.1) is 5.92 Å². The van der Waals surface area contributed by atoms with Gasteiger partial charge in [0.15, 0.2) is 5.96 Å². The van der Waals surface area contributed by atoms with Gasteiger partial charge in [-0.15, -0.1) is 0 Å². The van der Waals surface area contributed by atoms with E-state index < -0.39 is 0 Å². The van der Waals surface area contributed by atoms with Gasteiger partial charge < -0.3 is 20.1 Å². The molecule has 0 amide bonds. The average Bonchev–Trinajstić information content (AvgIpc) is 3.16. The summed E-state index contributed by atoms with van der Waals surface area (Å²) < 4.78 is 11.1. The largest absolute Gasteiger partial charge is 0.497 e. The molecule has 6 heteroatoms. The van der Waals surface area contributed by atoms with Crippen molar-refractivity contribution in [1.82, 2.24) is 15.5 Å². The zero-order valence-corrected chi connectivity index (χ0v) is 17.7. The van der Waals surface area contributed by atoms with E-state index in [0.29, 0.717) is 5.92 Å². The number of hydrogen-bond acceptors (Lipinski definition) is 4. The third kappa shape index (κ3) is 6.11. The van der Waals surface area contributed by atoms with Crippen LogP contribution in [-0.4, -0.2) is 63.4 Å². The van der Waals surface area contributed by atoms with E-state index in [4.69, 9.17) is 9.47 Å². The van der Waals surface area contributed by atoms with Crippen molar-refractivity contribution < 1.29 is 9.47 Å². The topological polar surface area (TPSA) is 58.1 Å². The Kier molecular flexibility index (Phi) is 7.57. The van der Waals surface area contributed by atoms with Crippen molar-refractivity contribution in [3.63, 3.8) is 0 Å². The molecular formula is C22H36N4O2. The van der Waals surface area contributed by atoms with Crippen LogP contribution in [-0.2, 0) is 11.3 Å². The summed E-state index contributed by atoms with van der Waals surface area (Å²) in [6.07, 6.45) is 4.71. The Bertz CT molecular complexity index is 618. The molecule has 2 aliphatic rings. The maximum atomic E-state index is 5.85. The highest BCUT2D eigenvalue weighted by molar-refractivity contribution is 5.79. The lowest BCUT2D eigenvalue weighted by molar-refractivity contribution is 0.0242. The lowest BCUT2D eigenvalue weighted by Gasteiger charge is -2.32. The van der Waals surface area contributed by atoms with Gasteiger partial charge in [-0.2, -0.15) is 0 Å². The number of nitrogens with one attached hydrogen (secondary N) is 2. The van der Waals surface area contributed by atoms with Crippen molar-refractivity contribution in [3.05, 3.63) is 29.8 Å². The number of rotatable bonds is 7. The van der Waals surface area contributed by atoms with Gasteiger partial charge in [-0.25, -0.2) is 0 Å². The van der Waals surface area contributed by atoms with Crippen LogP contribution in [0.3, 0.4) is 0 Å². The summed E-state index contributed by atoms with van der Waals surface area (Å²) in [6, 6.07) is 8.41. The smallest absolute Gasteiger partial charge is 0.191 e. The minimum atomic E-state index is -0.0512. The second-order valence-corrected chi connectivity index (χ2v) is 8.28. The monoisotopic (exact) mass is 388 g/mol. The lowest BCUT2D eigenvalue weighted by Crippen LogP contribution is -2.47. The Balaban J connectivity index is 1.35. The first-order valence-corrected chi connectivity index (χ1v) is 10.5. The van der Waals surface area contributed by atoms with E-state index in [1.165, 1.54) is 18.4 Å². The van der Waals surface area contributed by atoms with E-state index in [1.54, 1.807) is 7.11 Å². The van der Waals surface area contributed by atoms with Gasteiger partial charge in [0.05, 0.1) is 12.7 Å². The zero-order valence-electron chi connectivity index (χ0n) is 17.7. The van der Waals surface area contributed by atoms with Crippen LogP contribution in [0.1, 0.15) is 38.2 Å². The first-order chi connectivity index (χ1) is 13.6. The van der Waals surface area contributed by atoms with Gasteiger partial charge in [-0.3, -0.25) is 9.89 Å². The molecule has 1 atom stereocenters. The number of hydrogen-bond donors (Lipinski definition) is 2. The predicted octanol–water partition coefficient (Wildman–Crippen LogP) is 2.64. The summed E-state index contributed by atoms with van der Waals surface area (Å²) in [7, 11) is 3.55. The summed E-state index contributed by atoms with van der Waals surface area (Å²) in [5.74, 6) is 2.50. The molecule has 0 aromatic heterocycles. The fourth-order valence-corrected chi connectivity index (χ4v) is 4.05. The van der Waals surface area contributed by atoms with E-state index in [2.05, 4.69) is 39.6 Å². The second-order valence-electron chi connectivity index (χ2n) is 8.28. The minimum absolute atomic E-state index is 0.0512. The molecule has 0 radical (unpaired) electrons. The molecule has 28 heavy (non-hydrogen) atoms. The molecule has 1 unspecified atom stereocenters. The maximum absolute atomic E-state index is 5.85. The van der Waals surface area contributed by atoms with E-state index >= 15 is 0 Å². The number of methoxy groups -OCH3 is 1. The first-order valence-electron chi connectivity index (χ1n) is 10.5. The molecule has 2 heterocycles. The Morgan fingerprint density at radius 2 is 2.00 bits per heavy atom. The van der Waals surface area contributed by atoms with Crippen molar-refractivity contribution in [3.8, 4) is 5.75 Å². The van der Waals surface area contributed by atoms with Crippen LogP contribution >= 0.6 is 0 Å². The molecule has 2 N–H and O–H groups in total. The average molecular weight is 389 g/mol. The highest BCUT2D eigenvalue weighted by atomic mass is 16.5. The number of nitrogens with zero attached hydrogens (tertiary/aromatic N) is 2. The van der Waals surface area contributed by atoms with Crippen molar-refractivity contribution in [2.24, 2.45) is 10.9 Å². The molecule has 2 fully saturated rings. The summed E-state index contributed by atoms with van der Waals surface area (Å²) in [5, 5.41) is 6.94. The van der Waals surface area contributed by atoms with Crippen LogP contribution in [0.25, 0.3) is 0 Å². The summed E-state index contributed by atoms with van der Waals surface area (Å²) in [6.45, 7) is 8.16. The molecule has 6 nitrogen and oxygen atoms in total. The Morgan fingerprint density at radius 1 is 1.25 bits per heavy atom. The van der Waals surface area contributed by atoms with Crippen molar-refractivity contribution in [2.75, 3.05) is 46.9 Å². The van der Waals surface area contributed by atoms with Crippen molar-refractivity contribution >= 4 is 5.96 Å². The van der Waals surface area contributed by atoms with Crippen LogP contribution in [0.15, 0.2) is 29.3 Å². The third-order valence-corrected chi connectivity index (χ3v) is 5.98. The van der Waals surface area contributed by atoms with Gasteiger partial charge in [0.25, 0.3) is 0 Å². The number of guanidine groups is 1. The number of ether oxygens (including phenoxy) is 2. The molecule has 2 aliphatic heterocycles. The number of likely N-dealkylation sites (tertiary alicyclic amines) is 1. The molecule has 0 bridgehead atoms. The van der Waals surface area contributed by atoms with E-state index in [0.717, 1.165) is 63.9 Å². The fourth-order valence-electron chi connectivity index (χ4n) is 4.05. The summed E-state index contributed by atoms with van der Waals surface area (Å²) in [4.78, 5) is 6.91. The van der Waals surface area contributed by atoms with Crippen molar-refractivity contribution in [1.29, 1.82) is 0 Å². The quantitative estimate of drug-likeness (QED) is 0.556. The second kappa shape index (κ2) is 10.1. The predicted molar refractivity (Wildman–Crippen MR) is 114 cm³/mol. The highest BCUT2D eigenvalue weighted by Gasteiger charge is 2.29. The molecule has 1 aromatic carbocycles. The number of piperidine rings is 1. The van der Waals surface area contributed by atoms with Crippen LogP contribution in [0.4, 0.5) is 0 Å². The van der Waals surface area contributed by atoms with Crippen LogP contribution in [0.2, 0.25) is 0 Å². The summed E-state index contributed by atoms with van der Waals surface area (Å²) >= 11 is 0. The van der Waals surface area contributed by atoms with Crippen LogP contribution < -0.4 is 15.4 Å². The molecule has 3 rings (SSSR count). The fraction of sp³-hybridized carbons (Fsp3) is 0.682. The SMILES string of the molecule is CN=C(NCC1CCN(Cc2ccc(OC)cc2)CC1)NCC1(C)CCCO1. The normalized spacial score (nSPS) is 24.3. The van der Waals surface area contributed by atoms with Gasteiger partial charge in [0.1, 0.15) is 5.75 Å². The number of benzene rings is 1.